The fraction of sp³-hybridized carbons (Fsp3) is 0.658. The maximum Gasteiger partial charge on any atom is 0.225 e. The van der Waals surface area contributed by atoms with Gasteiger partial charge in [-0.2, -0.15) is 0 Å². The molecule has 5 N–H and O–H groups in total. The smallest absolute Gasteiger partial charge is 0.225 e. The van der Waals surface area contributed by atoms with Crippen LogP contribution in [0.2, 0.25) is 0 Å². The van der Waals surface area contributed by atoms with E-state index in [1.54, 1.807) is 13.8 Å². The van der Waals surface area contributed by atoms with Crippen molar-refractivity contribution < 1.29 is 39.9 Å². The van der Waals surface area contributed by atoms with Gasteiger partial charge in [-0.3, -0.25) is 53.6 Å². The number of phenolic OH excluding ortho intramolecular Hbond substituents is 5. The number of aromatic hydroxyl groups is 5. The number of nitrogens with zero attached hydrogens (tertiary/aromatic N) is 9. The summed E-state index contributed by atoms with van der Waals surface area (Å²) in [6, 6.07) is 42.9. The maximum atomic E-state index is 12.7. The van der Waals surface area contributed by atoms with Gasteiger partial charge < -0.3 is 30.4 Å². The maximum absolute atomic E-state index is 12.7. The fourth-order valence-electron chi connectivity index (χ4n) is 31.2. The first-order chi connectivity index (χ1) is 63.4. The Morgan fingerprint density at radius 1 is 0.328 bits per heavy atom. The van der Waals surface area contributed by atoms with E-state index in [1.165, 1.54) is 274 Å². The van der Waals surface area contributed by atoms with E-state index in [-0.39, 0.29) is 39.1 Å². The molecule has 1 amide bonds. The van der Waals surface area contributed by atoms with Crippen LogP contribution in [0.3, 0.4) is 0 Å². The van der Waals surface area contributed by atoms with Crippen molar-refractivity contribution in [2.45, 2.75) is 278 Å². The van der Waals surface area contributed by atoms with Gasteiger partial charge in [-0.1, -0.05) is 86.8 Å². The number of aryl methyl sites for hydroxylation is 1. The third-order valence-corrected chi connectivity index (χ3v) is 38.5. The lowest BCUT2D eigenvalue weighted by Crippen LogP contribution is -2.66. The van der Waals surface area contributed by atoms with E-state index in [0.29, 0.717) is 101 Å². The van der Waals surface area contributed by atoms with Crippen LogP contribution in [0.25, 0.3) is 0 Å². The number of Topliss-reactive ketones (excluding diaryl/α,β-unsaturated/α-hetero) is 2. The van der Waals surface area contributed by atoms with Gasteiger partial charge in [0.15, 0.2) is 0 Å². The molecule has 20 aliphatic rings. The van der Waals surface area contributed by atoms with E-state index < -0.39 is 0 Å². The lowest BCUT2D eigenvalue weighted by atomic mass is 9.52. The molecule has 131 heavy (non-hydrogen) atoms. The summed E-state index contributed by atoms with van der Waals surface area (Å²) in [6.45, 7) is 32.5. The predicted molar refractivity (Wildman–Crippen MR) is 517 cm³/mol. The van der Waals surface area contributed by atoms with Crippen LogP contribution in [0.5, 0.6) is 28.7 Å². The van der Waals surface area contributed by atoms with E-state index >= 15 is 0 Å². The van der Waals surface area contributed by atoms with Crippen LogP contribution in [0, 0.1) is 72.0 Å². The van der Waals surface area contributed by atoms with E-state index in [4.69, 9.17) is 0 Å². The molecule has 10 bridgehead atoms. The van der Waals surface area contributed by atoms with Crippen molar-refractivity contribution in [1.29, 1.82) is 0 Å². The summed E-state index contributed by atoms with van der Waals surface area (Å²) in [5.41, 5.74) is 18.5. The zero-order valence-electron chi connectivity index (χ0n) is 79.8. The number of amides is 1. The number of benzene rings is 6. The third kappa shape index (κ3) is 17.4. The second kappa shape index (κ2) is 35.7. The number of hydrogen-bond acceptors (Lipinski definition) is 16. The Kier molecular flexibility index (Phi) is 24.3. The first-order valence-electron chi connectivity index (χ1n) is 52.8. The molecule has 6 aromatic rings. The van der Waals surface area contributed by atoms with Crippen molar-refractivity contribution in [1.82, 2.24) is 44.1 Å². The molecule has 0 aromatic heterocycles. The van der Waals surface area contributed by atoms with Crippen LogP contribution in [-0.4, -0.2) is 248 Å². The first kappa shape index (κ1) is 89.0. The number of ketones is 2. The Hall–Kier alpha value is -7.19. The van der Waals surface area contributed by atoms with E-state index in [1.807, 2.05) is 50.2 Å². The van der Waals surface area contributed by atoms with E-state index in [0.717, 1.165) is 139 Å². The molecule has 9 heterocycles. The quantitative estimate of drug-likeness (QED) is 0.0581. The zero-order valence-corrected chi connectivity index (χ0v) is 79.8. The molecule has 702 valence electrons. The molecule has 0 unspecified atom stereocenters. The van der Waals surface area contributed by atoms with Crippen molar-refractivity contribution in [2.75, 3.05) is 131 Å². The molecule has 15 atom stereocenters. The largest absolute Gasteiger partial charge is 0.508 e. The highest BCUT2D eigenvalue weighted by Crippen LogP contribution is 2.62. The SMILES string of the molecule is CC(=O)CN1CC[C@]23CCN(CC4CC4)[C@H](Cc4ccc(O)cc42)[C@@H]3C1.CC(=O)CN1CC[C@]23CCN(CC4CC4)[C@H](Cc4ccc(O)cc42)[C@@H]3C1.CC(C)C(=O)N1CC[C@]23CCN(CC4CC4)[C@H](Cc4ccc(O)cc42)[C@@H]3C1.Cc1ccc(CN2CC[C@]34CCN(CC5CC5)[C@H](Cc5ccc(O)cc53)[C@@H]4C2)cc1.Oc1ccc2c(c1)[C@@]13CCCC[C@H]1[C@@H](C2)N(CC1CC1)CC3. The highest BCUT2D eigenvalue weighted by atomic mass is 16.3. The monoisotopic (exact) mass is 1780 g/mol. The molecular formula is C114H153N9O8. The predicted octanol–water partition coefficient (Wildman–Crippen LogP) is 16.7. The Bertz CT molecular complexity index is 5090. The number of fused-ring (bicyclic) bond motifs is 5. The molecule has 9 aliphatic heterocycles. The average molecular weight is 1780 g/mol. The van der Waals surface area contributed by atoms with Crippen molar-refractivity contribution >= 4 is 17.5 Å². The molecule has 26 rings (SSSR count). The Balaban J connectivity index is 0.0000000961. The normalized spacial score (nSPS) is 33.8. The fourth-order valence-corrected chi connectivity index (χ4v) is 31.2. The second-order valence-electron chi connectivity index (χ2n) is 47.1. The molecule has 15 fully saturated rings. The average Bonchev–Trinajstić information content (AvgIpc) is 1.23. The van der Waals surface area contributed by atoms with Gasteiger partial charge in [0.25, 0.3) is 0 Å². The number of rotatable bonds is 17. The molecular weight excluding hydrogens is 1620 g/mol. The summed E-state index contributed by atoms with van der Waals surface area (Å²) < 4.78 is 0. The lowest BCUT2D eigenvalue weighted by Gasteiger charge is -2.60. The van der Waals surface area contributed by atoms with Crippen LogP contribution < -0.4 is 0 Å². The van der Waals surface area contributed by atoms with Crippen molar-refractivity contribution in [3.05, 3.63) is 182 Å². The van der Waals surface area contributed by atoms with Crippen molar-refractivity contribution in [2.24, 2.45) is 65.1 Å². The van der Waals surface area contributed by atoms with Gasteiger partial charge >= 0.3 is 0 Å². The topological polar surface area (TPSA) is 182 Å². The van der Waals surface area contributed by atoms with Crippen LogP contribution in [-0.2, 0) is 80.1 Å². The molecule has 6 aromatic carbocycles. The summed E-state index contributed by atoms with van der Waals surface area (Å²) >= 11 is 0. The summed E-state index contributed by atoms with van der Waals surface area (Å²) in [5, 5.41) is 50.8. The number of carbonyl (C=O) groups is 3. The standard InChI is InChI=1S/C27H34N2O.C23H32N2O2.2C22H30N2O2.C20H27NO/c1-19-2-4-20(5-3-19)16-28-12-10-27-11-13-29(17-21-6-7-21)26(25(27)18-28)14-22-8-9-23(30)15-24(22)27;1-15(2)22(27)25-10-8-23-7-9-24(13-16-3-4-16)21(20(23)14-25)11-17-5-6-18(26)12-19(17)23;2*1-15(25)12-23-8-6-22-7-9-24(13-16-2-3-16)21(20(22)14-23)10-17-4-5-18(26)11-19(17)22;22-16-7-6-15-11-19-17-3-1-2-8-20(17,18(15)12-16)9-10-21(19)13-14-4-5-14/h2-5,8-9,15,21,25-26,30H,6-7,10-14,16-18H2,1H3;5-6,12,15-16,20-21,26H,3-4,7-11,13-14H2,1-2H3;2*4-5,11,16,20-21,26H,2-3,6-10,12-14H2,1H3;6-7,12,14,17,19,22H,1-5,8-11,13H2/t25-,26+,27-;20-,21+,23+;2*20-,21+,22-;17-,19+,20+/m00000/s1. The highest BCUT2D eigenvalue weighted by molar-refractivity contribution is 5.79. The zero-order chi connectivity index (χ0) is 89.6. The third-order valence-electron chi connectivity index (χ3n) is 38.5. The molecule has 0 radical (unpaired) electrons. The summed E-state index contributed by atoms with van der Waals surface area (Å²) in [5.74, 6) is 10.9. The summed E-state index contributed by atoms with van der Waals surface area (Å²) in [7, 11) is 0. The number of piperidine rings is 9. The number of carbonyl (C=O) groups excluding carboxylic acids is 3. The lowest BCUT2D eigenvalue weighted by molar-refractivity contribution is -0.140. The number of likely N-dealkylation sites (tertiary alicyclic amines) is 9. The minimum absolute atomic E-state index is 0.0707. The van der Waals surface area contributed by atoms with Gasteiger partial charge in [0, 0.05) is 141 Å². The van der Waals surface area contributed by atoms with Crippen molar-refractivity contribution in [3.8, 4) is 28.7 Å². The summed E-state index contributed by atoms with van der Waals surface area (Å²) in [4.78, 5) is 59.7. The van der Waals surface area contributed by atoms with Crippen molar-refractivity contribution in [3.63, 3.8) is 0 Å². The minimum Gasteiger partial charge on any atom is -0.508 e. The Morgan fingerprint density at radius 3 is 0.924 bits per heavy atom. The molecule has 6 saturated carbocycles. The molecule has 9 saturated heterocycles. The van der Waals surface area contributed by atoms with Crippen LogP contribution >= 0.6 is 0 Å². The van der Waals surface area contributed by atoms with Gasteiger partial charge in [-0.25, -0.2) is 0 Å². The van der Waals surface area contributed by atoms with Crippen LogP contribution in [0.15, 0.2) is 115 Å². The van der Waals surface area contributed by atoms with Crippen LogP contribution in [0.4, 0.5) is 0 Å². The molecule has 17 heteroatoms. The second-order valence-corrected chi connectivity index (χ2v) is 47.1. The number of phenols is 5. The summed E-state index contributed by atoms with van der Waals surface area (Å²) in [6.07, 6.45) is 36.0. The Morgan fingerprint density at radius 2 is 0.611 bits per heavy atom. The minimum atomic E-state index is 0.0707. The van der Waals surface area contributed by atoms with Gasteiger partial charge in [0.1, 0.15) is 40.3 Å². The van der Waals surface area contributed by atoms with Gasteiger partial charge in [0.05, 0.1) is 13.1 Å². The Labute approximate surface area is 781 Å². The molecule has 11 aliphatic carbocycles. The van der Waals surface area contributed by atoms with Crippen LogP contribution in [0.1, 0.15) is 242 Å². The van der Waals surface area contributed by atoms with Gasteiger partial charge in [-0.15, -0.1) is 0 Å². The van der Waals surface area contributed by atoms with Gasteiger partial charge in [0.2, 0.25) is 5.91 Å². The molecule has 0 spiro atoms. The van der Waals surface area contributed by atoms with E-state index in [2.05, 4.69) is 130 Å². The molecule has 17 nitrogen and oxygen atoms in total. The first-order valence-corrected chi connectivity index (χ1v) is 52.8. The van der Waals surface area contributed by atoms with E-state index in [9.17, 15) is 39.9 Å². The number of hydrogen-bond donors (Lipinski definition) is 5. The van der Waals surface area contributed by atoms with Gasteiger partial charge in [-0.05, 0) is 415 Å². The highest BCUT2D eigenvalue weighted by Gasteiger charge is 2.62.